The maximum absolute atomic E-state index is 12.8. The van der Waals surface area contributed by atoms with Gasteiger partial charge in [0.15, 0.2) is 0 Å². The van der Waals surface area contributed by atoms with Gasteiger partial charge in [-0.25, -0.2) is 0 Å². The van der Waals surface area contributed by atoms with Crippen molar-refractivity contribution in [1.29, 1.82) is 0 Å². The first-order valence-corrected chi connectivity index (χ1v) is 18.2. The third-order valence-electron chi connectivity index (χ3n) is 9.72. The minimum absolute atomic E-state index is 0.0236. The van der Waals surface area contributed by atoms with Gasteiger partial charge in [0.05, 0.1) is 24.5 Å². The number of carbonyl (C=O) groups is 2. The molecule has 2 heterocycles. The van der Waals surface area contributed by atoms with Crippen molar-refractivity contribution in [2.45, 2.75) is 162 Å². The molecule has 1 atom stereocenters. The monoisotopic (exact) mass is 609 g/mol. The van der Waals surface area contributed by atoms with Gasteiger partial charge in [-0.3, -0.25) is 14.5 Å². The van der Waals surface area contributed by atoms with Gasteiger partial charge >= 0.3 is 11.9 Å². The van der Waals surface area contributed by atoms with Gasteiger partial charge in [-0.05, 0) is 71.3 Å². The zero-order valence-corrected chi connectivity index (χ0v) is 28.6. The average molecular weight is 609 g/mol. The number of aliphatic hydroxyl groups excluding tert-OH is 1. The highest BCUT2D eigenvalue weighted by Crippen LogP contribution is 2.27. The molecule has 0 aliphatic carbocycles. The van der Waals surface area contributed by atoms with Crippen LogP contribution in [0.4, 0.5) is 0 Å². The second kappa shape index (κ2) is 22.3. The zero-order valence-electron chi connectivity index (χ0n) is 28.6. The first-order valence-electron chi connectivity index (χ1n) is 18.2. The lowest BCUT2D eigenvalue weighted by Crippen LogP contribution is -2.37. The summed E-state index contributed by atoms with van der Waals surface area (Å²) in [6, 6.07) is 0. The number of nitrogens with zero attached hydrogens (tertiary/aromatic N) is 2. The zero-order chi connectivity index (χ0) is 31.3. The molecule has 0 unspecified atom stereocenters. The number of aliphatic hydroxyl groups is 1. The maximum Gasteiger partial charge on any atom is 0.311 e. The molecule has 2 aliphatic rings. The van der Waals surface area contributed by atoms with E-state index in [9.17, 15) is 14.7 Å². The number of hydrogen-bond acceptors (Lipinski definition) is 7. The number of ether oxygens (including phenoxy) is 2. The number of rotatable bonds is 24. The maximum atomic E-state index is 12.8. The average Bonchev–Trinajstić information content (AvgIpc) is 3.43. The quantitative estimate of drug-likeness (QED) is 0.0896. The highest BCUT2D eigenvalue weighted by Gasteiger charge is 2.29. The highest BCUT2D eigenvalue weighted by atomic mass is 16.5. The summed E-state index contributed by atoms with van der Waals surface area (Å²) in [7, 11) is 0. The Kier molecular flexibility index (Phi) is 19.7. The van der Waals surface area contributed by atoms with Crippen molar-refractivity contribution < 1.29 is 24.2 Å². The van der Waals surface area contributed by atoms with Crippen LogP contribution in [0.5, 0.6) is 0 Å². The molecule has 7 nitrogen and oxygen atoms in total. The van der Waals surface area contributed by atoms with Crippen LogP contribution in [0.3, 0.4) is 0 Å². The second-order valence-electron chi connectivity index (χ2n) is 14.2. The van der Waals surface area contributed by atoms with Crippen molar-refractivity contribution in [2.75, 3.05) is 45.9 Å². The molecule has 43 heavy (non-hydrogen) atoms. The van der Waals surface area contributed by atoms with Crippen molar-refractivity contribution in [1.82, 2.24) is 9.80 Å². The van der Waals surface area contributed by atoms with Crippen LogP contribution in [0.25, 0.3) is 0 Å². The minimum atomic E-state index is -0.414. The Balaban J connectivity index is 1.49. The fourth-order valence-electron chi connectivity index (χ4n) is 6.62. The van der Waals surface area contributed by atoms with Crippen molar-refractivity contribution in [3.8, 4) is 0 Å². The van der Waals surface area contributed by atoms with Crippen molar-refractivity contribution >= 4 is 11.9 Å². The number of esters is 2. The summed E-state index contributed by atoms with van der Waals surface area (Å²) in [5, 5.41) is 9.63. The van der Waals surface area contributed by atoms with Crippen LogP contribution in [-0.2, 0) is 19.1 Å². The van der Waals surface area contributed by atoms with Crippen LogP contribution < -0.4 is 0 Å². The molecule has 7 heteroatoms. The summed E-state index contributed by atoms with van der Waals surface area (Å²) in [6.07, 6.45) is 20.9. The first kappa shape index (κ1) is 38.0. The van der Waals surface area contributed by atoms with Gasteiger partial charge < -0.3 is 19.5 Å². The lowest BCUT2D eigenvalue weighted by molar-refractivity contribution is -0.154. The lowest BCUT2D eigenvalue weighted by atomic mass is 9.87. The topological polar surface area (TPSA) is 79.3 Å². The van der Waals surface area contributed by atoms with Gasteiger partial charge in [-0.2, -0.15) is 0 Å². The second-order valence-corrected chi connectivity index (χ2v) is 14.2. The SMILES string of the molecule is CCCCCC(CCCCC)CCCOC(=O)C(C)(C)CCCCCCN1CC[C@H](OC(=O)CCN2CCC(O)CC2)C1. The molecule has 2 saturated heterocycles. The molecular weight excluding hydrogens is 540 g/mol. The molecule has 0 spiro atoms. The van der Waals surface area contributed by atoms with Crippen LogP contribution in [0.1, 0.15) is 150 Å². The van der Waals surface area contributed by atoms with Crippen molar-refractivity contribution in [2.24, 2.45) is 11.3 Å². The van der Waals surface area contributed by atoms with E-state index in [2.05, 4.69) is 23.6 Å². The lowest BCUT2D eigenvalue weighted by Gasteiger charge is -2.29. The van der Waals surface area contributed by atoms with Gasteiger partial charge in [0.2, 0.25) is 0 Å². The number of unbranched alkanes of at least 4 members (excludes halogenated alkanes) is 7. The largest absolute Gasteiger partial charge is 0.465 e. The fraction of sp³-hybridized carbons (Fsp3) is 0.944. The number of hydrogen-bond donors (Lipinski definition) is 1. The Morgan fingerprint density at radius 1 is 0.791 bits per heavy atom. The molecule has 0 saturated carbocycles. The molecule has 1 N–H and O–H groups in total. The summed E-state index contributed by atoms with van der Waals surface area (Å²) in [4.78, 5) is 29.8. The van der Waals surface area contributed by atoms with Gasteiger partial charge in [-0.15, -0.1) is 0 Å². The predicted molar refractivity (Wildman–Crippen MR) is 176 cm³/mol. The number of likely N-dealkylation sites (tertiary alicyclic amines) is 2. The molecule has 2 fully saturated rings. The third-order valence-corrected chi connectivity index (χ3v) is 9.72. The summed E-state index contributed by atoms with van der Waals surface area (Å²) in [5.74, 6) is 0.666. The van der Waals surface area contributed by atoms with Crippen molar-refractivity contribution in [3.63, 3.8) is 0 Å². The normalized spacial score (nSPS) is 18.9. The fourth-order valence-corrected chi connectivity index (χ4v) is 6.62. The van der Waals surface area contributed by atoms with E-state index in [0.717, 1.165) is 103 Å². The van der Waals surface area contributed by atoms with E-state index < -0.39 is 5.41 Å². The Labute approximate surface area is 264 Å². The predicted octanol–water partition coefficient (Wildman–Crippen LogP) is 7.53. The van der Waals surface area contributed by atoms with E-state index in [1.807, 2.05) is 13.8 Å². The summed E-state index contributed by atoms with van der Waals surface area (Å²) < 4.78 is 11.5. The van der Waals surface area contributed by atoms with Crippen molar-refractivity contribution in [3.05, 3.63) is 0 Å². The first-order chi connectivity index (χ1) is 20.7. The molecule has 2 aliphatic heterocycles. The molecule has 0 bridgehead atoms. The number of piperidine rings is 1. The van der Waals surface area contributed by atoms with Gasteiger partial charge in [-0.1, -0.05) is 84.5 Å². The van der Waals surface area contributed by atoms with Crippen LogP contribution >= 0.6 is 0 Å². The summed E-state index contributed by atoms with van der Waals surface area (Å²) in [5.41, 5.74) is -0.414. The molecule has 0 radical (unpaired) electrons. The van der Waals surface area contributed by atoms with Gasteiger partial charge in [0.1, 0.15) is 6.10 Å². The smallest absolute Gasteiger partial charge is 0.311 e. The Bertz CT molecular complexity index is 727. The molecule has 0 amide bonds. The molecule has 0 aromatic heterocycles. The standard InChI is InChI=1S/C36H68N2O5/c1-5-7-11-16-31(17-12-8-6-2)18-15-29-42-35(41)36(3,4)23-13-9-10-14-24-38-27-21-33(30-38)43-34(40)22-28-37-25-19-32(39)20-26-37/h31-33,39H,5-30H2,1-4H3/t33-/m0/s1. The van der Waals surface area contributed by atoms with Crippen LogP contribution in [0.2, 0.25) is 0 Å². The third kappa shape index (κ3) is 17.2. The Morgan fingerprint density at radius 3 is 2.09 bits per heavy atom. The molecule has 2 rings (SSSR count). The molecule has 0 aromatic carbocycles. The molecular formula is C36H68N2O5. The molecule has 252 valence electrons. The van der Waals surface area contributed by atoms with E-state index in [4.69, 9.17) is 9.47 Å². The van der Waals surface area contributed by atoms with Crippen LogP contribution in [0.15, 0.2) is 0 Å². The summed E-state index contributed by atoms with van der Waals surface area (Å²) >= 11 is 0. The minimum Gasteiger partial charge on any atom is -0.465 e. The van der Waals surface area contributed by atoms with Gasteiger partial charge in [0.25, 0.3) is 0 Å². The van der Waals surface area contributed by atoms with Crippen LogP contribution in [-0.4, -0.2) is 84.9 Å². The van der Waals surface area contributed by atoms with E-state index in [1.165, 1.54) is 57.8 Å². The number of carbonyl (C=O) groups excluding carboxylic acids is 2. The van der Waals surface area contributed by atoms with Gasteiger partial charge in [0, 0.05) is 32.7 Å². The van der Waals surface area contributed by atoms with E-state index in [-0.39, 0.29) is 24.1 Å². The van der Waals surface area contributed by atoms with E-state index >= 15 is 0 Å². The van der Waals surface area contributed by atoms with E-state index in [1.54, 1.807) is 0 Å². The molecule has 0 aromatic rings. The van der Waals surface area contributed by atoms with E-state index in [0.29, 0.717) is 13.0 Å². The highest BCUT2D eigenvalue weighted by molar-refractivity contribution is 5.75. The Morgan fingerprint density at radius 2 is 1.42 bits per heavy atom. The van der Waals surface area contributed by atoms with Crippen LogP contribution in [0, 0.1) is 11.3 Å². The summed E-state index contributed by atoms with van der Waals surface area (Å²) in [6.45, 7) is 14.5. The Hall–Kier alpha value is -1.18.